The smallest absolute Gasteiger partial charge is 0.246 e. The molecule has 0 saturated heterocycles. The van der Waals surface area contributed by atoms with Crippen molar-refractivity contribution in [2.75, 3.05) is 6.61 Å². The van der Waals surface area contributed by atoms with Crippen LogP contribution in [0.5, 0.6) is 5.75 Å². The van der Waals surface area contributed by atoms with Crippen LogP contribution in [-0.2, 0) is 13.5 Å². The highest BCUT2D eigenvalue weighted by molar-refractivity contribution is 5.86. The molecule has 0 unspecified atom stereocenters. The normalized spacial score (nSPS) is 10.6. The van der Waals surface area contributed by atoms with Crippen LogP contribution in [0.1, 0.15) is 11.6 Å². The van der Waals surface area contributed by atoms with Crippen LogP contribution in [0.2, 0.25) is 0 Å². The van der Waals surface area contributed by atoms with Crippen molar-refractivity contribution in [1.29, 1.82) is 5.26 Å². The molecule has 0 radical (unpaired) electrons. The van der Waals surface area contributed by atoms with Gasteiger partial charge in [-0.2, -0.15) is 5.26 Å². The Kier molecular flexibility index (Phi) is 3.13. The summed E-state index contributed by atoms with van der Waals surface area (Å²) >= 11 is 0. The fourth-order valence-corrected chi connectivity index (χ4v) is 2.12. The van der Waals surface area contributed by atoms with Crippen LogP contribution in [0.4, 0.5) is 0 Å². The summed E-state index contributed by atoms with van der Waals surface area (Å²) in [6.07, 6.45) is 4.32. The molecule has 3 aromatic rings. The summed E-state index contributed by atoms with van der Waals surface area (Å²) in [7, 11) is 1.94. The number of fused-ring (bicyclic) bond motifs is 1. The van der Waals surface area contributed by atoms with Crippen LogP contribution in [0.3, 0.4) is 0 Å². The summed E-state index contributed by atoms with van der Waals surface area (Å²) in [6.45, 7) is 0.447. The van der Waals surface area contributed by atoms with E-state index in [1.807, 2.05) is 48.1 Å². The van der Waals surface area contributed by atoms with Gasteiger partial charge in [0.1, 0.15) is 17.5 Å². The van der Waals surface area contributed by atoms with E-state index >= 15 is 0 Å². The number of imidazole rings is 1. The second kappa shape index (κ2) is 5.10. The number of nitriles is 1. The predicted molar refractivity (Wildman–Crippen MR) is 73.3 cm³/mol. The molecule has 0 fully saturated rings. The number of aromatic nitrogens is 2. The average molecular weight is 267 g/mol. The van der Waals surface area contributed by atoms with E-state index in [0.29, 0.717) is 24.4 Å². The zero-order valence-electron chi connectivity index (χ0n) is 11.0. The van der Waals surface area contributed by atoms with E-state index in [4.69, 9.17) is 14.4 Å². The van der Waals surface area contributed by atoms with Crippen molar-refractivity contribution in [3.63, 3.8) is 0 Å². The summed E-state index contributed by atoms with van der Waals surface area (Å²) < 4.78 is 13.1. The number of hydrogen-bond acceptors (Lipinski definition) is 4. The van der Waals surface area contributed by atoms with E-state index in [0.717, 1.165) is 11.2 Å². The van der Waals surface area contributed by atoms with Gasteiger partial charge in [0.2, 0.25) is 5.76 Å². The molecule has 5 nitrogen and oxygen atoms in total. The Bertz CT molecular complexity index is 780. The first-order valence-electron chi connectivity index (χ1n) is 6.30. The molecular formula is C15H13N3O2. The third kappa shape index (κ3) is 2.12. The first kappa shape index (κ1) is 12.3. The van der Waals surface area contributed by atoms with Crippen LogP contribution in [0.25, 0.3) is 11.0 Å². The third-order valence-corrected chi connectivity index (χ3v) is 3.14. The SMILES string of the molecule is Cn1ccnc1CCOc1c(C#N)oc2ccccc12. The molecule has 0 spiro atoms. The van der Waals surface area contributed by atoms with Gasteiger partial charge in [-0.25, -0.2) is 4.98 Å². The largest absolute Gasteiger partial charge is 0.488 e. The van der Waals surface area contributed by atoms with Gasteiger partial charge in [0.05, 0.1) is 12.0 Å². The maximum atomic E-state index is 9.11. The lowest BCUT2D eigenvalue weighted by Gasteiger charge is -2.04. The number of rotatable bonds is 4. The summed E-state index contributed by atoms with van der Waals surface area (Å²) in [6, 6.07) is 9.49. The molecule has 2 heterocycles. The molecule has 0 bridgehead atoms. The number of nitrogens with zero attached hydrogens (tertiary/aromatic N) is 3. The van der Waals surface area contributed by atoms with Crippen LogP contribution >= 0.6 is 0 Å². The van der Waals surface area contributed by atoms with Gasteiger partial charge in [0.15, 0.2) is 5.75 Å². The molecule has 5 heteroatoms. The average Bonchev–Trinajstić information content (AvgIpc) is 3.03. The molecule has 3 rings (SSSR count). The molecular weight excluding hydrogens is 254 g/mol. The lowest BCUT2D eigenvalue weighted by Crippen LogP contribution is -2.06. The molecule has 0 aliphatic rings. The van der Waals surface area contributed by atoms with Crippen LogP contribution in [0.15, 0.2) is 41.1 Å². The molecule has 0 saturated carbocycles. The molecule has 1 aromatic carbocycles. The molecule has 0 aliphatic carbocycles. The first-order valence-corrected chi connectivity index (χ1v) is 6.30. The van der Waals surface area contributed by atoms with E-state index in [1.165, 1.54) is 0 Å². The van der Waals surface area contributed by atoms with Gasteiger partial charge in [-0.1, -0.05) is 12.1 Å². The Hall–Kier alpha value is -2.74. The molecule has 0 N–H and O–H groups in total. The summed E-state index contributed by atoms with van der Waals surface area (Å²) in [4.78, 5) is 4.23. The molecule has 20 heavy (non-hydrogen) atoms. The Balaban J connectivity index is 1.80. The van der Waals surface area contributed by atoms with Gasteiger partial charge in [-0.15, -0.1) is 0 Å². The molecule has 2 aromatic heterocycles. The third-order valence-electron chi connectivity index (χ3n) is 3.14. The highest BCUT2D eigenvalue weighted by atomic mass is 16.5. The second-order valence-electron chi connectivity index (χ2n) is 4.42. The van der Waals surface area contributed by atoms with E-state index in [9.17, 15) is 0 Å². The number of ether oxygens (including phenoxy) is 1. The Morgan fingerprint density at radius 2 is 2.25 bits per heavy atom. The van der Waals surface area contributed by atoms with Gasteiger partial charge in [-0.05, 0) is 12.1 Å². The zero-order valence-corrected chi connectivity index (χ0v) is 11.0. The van der Waals surface area contributed by atoms with Gasteiger partial charge in [-0.3, -0.25) is 0 Å². The van der Waals surface area contributed by atoms with Gasteiger partial charge in [0, 0.05) is 25.9 Å². The van der Waals surface area contributed by atoms with Crippen molar-refractivity contribution in [1.82, 2.24) is 9.55 Å². The van der Waals surface area contributed by atoms with E-state index < -0.39 is 0 Å². The maximum absolute atomic E-state index is 9.11. The lowest BCUT2D eigenvalue weighted by atomic mass is 10.2. The standard InChI is InChI=1S/C15H13N3O2/c1-18-8-7-17-14(18)6-9-19-15-11-4-2-3-5-12(11)20-13(15)10-16/h2-5,7-8H,6,9H2,1H3. The van der Waals surface area contributed by atoms with Crippen LogP contribution < -0.4 is 4.74 Å². The Labute approximate surface area is 116 Å². The topological polar surface area (TPSA) is 64.0 Å². The highest BCUT2D eigenvalue weighted by Gasteiger charge is 2.15. The van der Waals surface area contributed by atoms with E-state index in [2.05, 4.69) is 4.98 Å². The second-order valence-corrected chi connectivity index (χ2v) is 4.42. The molecule has 0 aliphatic heterocycles. The van der Waals surface area contributed by atoms with Gasteiger partial charge >= 0.3 is 0 Å². The van der Waals surface area contributed by atoms with Crippen molar-refractivity contribution < 1.29 is 9.15 Å². The highest BCUT2D eigenvalue weighted by Crippen LogP contribution is 2.32. The number of hydrogen-bond donors (Lipinski definition) is 0. The van der Waals surface area contributed by atoms with Crippen molar-refractivity contribution >= 4 is 11.0 Å². The number of para-hydroxylation sites is 1. The van der Waals surface area contributed by atoms with E-state index in [-0.39, 0.29) is 5.76 Å². The summed E-state index contributed by atoms with van der Waals surface area (Å²) in [5, 5.41) is 9.93. The van der Waals surface area contributed by atoms with E-state index in [1.54, 1.807) is 6.20 Å². The number of benzene rings is 1. The fourth-order valence-electron chi connectivity index (χ4n) is 2.12. The fraction of sp³-hybridized carbons (Fsp3) is 0.200. The van der Waals surface area contributed by atoms with Crippen LogP contribution in [-0.4, -0.2) is 16.2 Å². The maximum Gasteiger partial charge on any atom is 0.246 e. The molecule has 100 valence electrons. The monoisotopic (exact) mass is 267 g/mol. The van der Waals surface area contributed by atoms with Crippen molar-refractivity contribution in [2.45, 2.75) is 6.42 Å². The summed E-state index contributed by atoms with van der Waals surface area (Å²) in [5.74, 6) is 1.67. The van der Waals surface area contributed by atoms with Crippen LogP contribution in [0, 0.1) is 11.3 Å². The summed E-state index contributed by atoms with van der Waals surface area (Å²) in [5.41, 5.74) is 0.663. The zero-order chi connectivity index (χ0) is 13.9. The number of furan rings is 1. The molecule has 0 atom stereocenters. The van der Waals surface area contributed by atoms with Crippen molar-refractivity contribution in [2.24, 2.45) is 7.05 Å². The van der Waals surface area contributed by atoms with Crippen molar-refractivity contribution in [3.8, 4) is 11.8 Å². The first-order chi connectivity index (χ1) is 9.79. The minimum atomic E-state index is 0.214. The van der Waals surface area contributed by atoms with Gasteiger partial charge < -0.3 is 13.7 Å². The quantitative estimate of drug-likeness (QED) is 0.729. The molecule has 0 amide bonds. The van der Waals surface area contributed by atoms with Gasteiger partial charge in [0.25, 0.3) is 0 Å². The Morgan fingerprint density at radius 1 is 1.40 bits per heavy atom. The Morgan fingerprint density at radius 3 is 3.00 bits per heavy atom. The van der Waals surface area contributed by atoms with Crippen molar-refractivity contribution in [3.05, 3.63) is 48.2 Å². The minimum absolute atomic E-state index is 0.214. The number of aryl methyl sites for hydroxylation is 1. The minimum Gasteiger partial charge on any atom is -0.488 e. The predicted octanol–water partition coefficient (Wildman–Crippen LogP) is 2.66. The lowest BCUT2D eigenvalue weighted by molar-refractivity contribution is 0.315.